The van der Waals surface area contributed by atoms with Crippen LogP contribution in [0.2, 0.25) is 0 Å². The molecule has 3 N–H and O–H groups in total. The lowest BCUT2D eigenvalue weighted by atomic mass is 10.2. The van der Waals surface area contributed by atoms with E-state index in [1.807, 2.05) is 0 Å². The number of ether oxygens (including phenoxy) is 1. The molecule has 12 heavy (non-hydrogen) atoms. The highest BCUT2D eigenvalue weighted by Crippen LogP contribution is 2.11. The van der Waals surface area contributed by atoms with Gasteiger partial charge in [-0.2, -0.15) is 0 Å². The van der Waals surface area contributed by atoms with Gasteiger partial charge in [-0.25, -0.2) is 0 Å². The molecular formula is C8H17NO3. The van der Waals surface area contributed by atoms with Gasteiger partial charge in [-0.3, -0.25) is 0 Å². The first-order valence-electron chi connectivity index (χ1n) is 4.03. The summed E-state index contributed by atoms with van der Waals surface area (Å²) in [7, 11) is 0. The van der Waals surface area contributed by atoms with E-state index in [2.05, 4.69) is 0 Å². The van der Waals surface area contributed by atoms with Crippen LogP contribution in [0.15, 0.2) is 0 Å². The van der Waals surface area contributed by atoms with Gasteiger partial charge in [-0.05, 0) is 26.8 Å². The molecule has 0 aliphatic carbocycles. The van der Waals surface area contributed by atoms with Crippen LogP contribution < -0.4 is 5.73 Å². The van der Waals surface area contributed by atoms with E-state index in [1.165, 1.54) is 13.8 Å². The molecule has 4 heteroatoms. The Bertz CT molecular complexity index is 131. The van der Waals surface area contributed by atoms with Crippen LogP contribution in [0, 0.1) is 0 Å². The normalized spacial score (nSPS) is 14.3. The van der Waals surface area contributed by atoms with Crippen LogP contribution >= 0.6 is 0 Å². The van der Waals surface area contributed by atoms with Gasteiger partial charge in [0.25, 0.3) is 0 Å². The first-order valence-corrected chi connectivity index (χ1v) is 4.03. The molecule has 0 heterocycles. The Labute approximate surface area is 72.7 Å². The minimum atomic E-state index is -1.19. The van der Waals surface area contributed by atoms with Crippen molar-refractivity contribution in [2.45, 2.75) is 38.6 Å². The summed E-state index contributed by atoms with van der Waals surface area (Å²) in [4.78, 5) is 10.2. The summed E-state index contributed by atoms with van der Waals surface area (Å²) < 4.78 is 5.16. The lowest BCUT2D eigenvalue weighted by molar-refractivity contribution is -0.206. The Hall–Kier alpha value is -0.450. The number of rotatable bonds is 6. The standard InChI is InChI=1S/C8H17NO3/c1-8(2,11)12-7(3-5-9)4-6-10/h6-7,11H,3-5,9H2,1-2H3. The molecule has 72 valence electrons. The van der Waals surface area contributed by atoms with Crippen molar-refractivity contribution in [1.29, 1.82) is 0 Å². The van der Waals surface area contributed by atoms with Gasteiger partial charge in [0.1, 0.15) is 6.29 Å². The molecule has 0 saturated heterocycles. The maximum absolute atomic E-state index is 10.2. The van der Waals surface area contributed by atoms with E-state index in [0.717, 1.165) is 6.29 Å². The Morgan fingerprint density at radius 2 is 2.25 bits per heavy atom. The zero-order chi connectivity index (χ0) is 9.61. The third-order valence-corrected chi connectivity index (χ3v) is 1.30. The second kappa shape index (κ2) is 5.24. The number of hydrogen-bond acceptors (Lipinski definition) is 4. The average Bonchev–Trinajstić information content (AvgIpc) is 1.84. The van der Waals surface area contributed by atoms with Crippen molar-refractivity contribution in [3.8, 4) is 0 Å². The fraction of sp³-hybridized carbons (Fsp3) is 0.875. The van der Waals surface area contributed by atoms with Crippen molar-refractivity contribution in [3.63, 3.8) is 0 Å². The van der Waals surface area contributed by atoms with Crippen LogP contribution in [0.25, 0.3) is 0 Å². The van der Waals surface area contributed by atoms with Crippen LogP contribution in [0.3, 0.4) is 0 Å². The minimum absolute atomic E-state index is 0.271. The molecule has 0 aliphatic heterocycles. The van der Waals surface area contributed by atoms with E-state index in [1.54, 1.807) is 0 Å². The first-order chi connectivity index (χ1) is 5.49. The summed E-state index contributed by atoms with van der Waals surface area (Å²) in [6, 6.07) is 0. The molecule has 0 aromatic heterocycles. The number of nitrogens with two attached hydrogens (primary N) is 1. The predicted octanol–water partition coefficient (Wildman–Crippen LogP) is 0.0378. The van der Waals surface area contributed by atoms with Gasteiger partial charge >= 0.3 is 0 Å². The quantitative estimate of drug-likeness (QED) is 0.441. The van der Waals surface area contributed by atoms with E-state index >= 15 is 0 Å². The summed E-state index contributed by atoms with van der Waals surface area (Å²) in [6.45, 7) is 3.51. The molecule has 0 bridgehead atoms. The van der Waals surface area contributed by atoms with E-state index in [4.69, 9.17) is 10.5 Å². The molecule has 1 unspecified atom stereocenters. The van der Waals surface area contributed by atoms with Crippen LogP contribution in [-0.4, -0.2) is 29.8 Å². The number of carbonyl (C=O) groups is 1. The van der Waals surface area contributed by atoms with Gasteiger partial charge in [-0.15, -0.1) is 0 Å². The van der Waals surface area contributed by atoms with Crippen molar-refractivity contribution in [2.75, 3.05) is 6.54 Å². The van der Waals surface area contributed by atoms with E-state index < -0.39 is 5.79 Å². The monoisotopic (exact) mass is 175 g/mol. The highest BCUT2D eigenvalue weighted by molar-refractivity contribution is 5.50. The molecule has 0 aliphatic rings. The maximum atomic E-state index is 10.2. The van der Waals surface area contributed by atoms with Crippen molar-refractivity contribution >= 4 is 6.29 Å². The van der Waals surface area contributed by atoms with E-state index in [9.17, 15) is 9.90 Å². The number of aldehydes is 1. The van der Waals surface area contributed by atoms with E-state index in [0.29, 0.717) is 13.0 Å². The van der Waals surface area contributed by atoms with Crippen LogP contribution in [0.1, 0.15) is 26.7 Å². The zero-order valence-corrected chi connectivity index (χ0v) is 7.62. The number of carbonyl (C=O) groups excluding carboxylic acids is 1. The summed E-state index contributed by atoms with van der Waals surface area (Å²) in [6.07, 6.45) is 1.36. The Balaban J connectivity index is 3.85. The van der Waals surface area contributed by atoms with Crippen molar-refractivity contribution in [2.24, 2.45) is 5.73 Å². The molecule has 0 spiro atoms. The van der Waals surface area contributed by atoms with Crippen molar-refractivity contribution in [1.82, 2.24) is 0 Å². The fourth-order valence-corrected chi connectivity index (χ4v) is 0.926. The smallest absolute Gasteiger partial charge is 0.160 e. The van der Waals surface area contributed by atoms with Gasteiger partial charge in [-0.1, -0.05) is 0 Å². The van der Waals surface area contributed by atoms with Gasteiger partial charge in [0.05, 0.1) is 6.10 Å². The predicted molar refractivity (Wildman–Crippen MR) is 45.5 cm³/mol. The average molecular weight is 175 g/mol. The molecule has 0 rings (SSSR count). The van der Waals surface area contributed by atoms with Gasteiger partial charge < -0.3 is 20.4 Å². The summed E-state index contributed by atoms with van der Waals surface area (Å²) in [5.41, 5.74) is 5.30. The molecule has 4 nitrogen and oxygen atoms in total. The third-order valence-electron chi connectivity index (χ3n) is 1.30. The lowest BCUT2D eigenvalue weighted by Crippen LogP contribution is -2.31. The molecule has 1 atom stereocenters. The largest absolute Gasteiger partial charge is 0.366 e. The third kappa shape index (κ3) is 6.27. The van der Waals surface area contributed by atoms with Crippen molar-refractivity contribution in [3.05, 3.63) is 0 Å². The molecule has 0 saturated carbocycles. The molecular weight excluding hydrogens is 158 g/mol. The minimum Gasteiger partial charge on any atom is -0.366 e. The Morgan fingerprint density at radius 3 is 2.58 bits per heavy atom. The number of hydrogen-bond donors (Lipinski definition) is 2. The summed E-state index contributed by atoms with van der Waals surface area (Å²) in [5, 5.41) is 9.26. The highest BCUT2D eigenvalue weighted by Gasteiger charge is 2.19. The second-order valence-corrected chi connectivity index (χ2v) is 3.17. The fourth-order valence-electron chi connectivity index (χ4n) is 0.926. The van der Waals surface area contributed by atoms with Gasteiger partial charge in [0.15, 0.2) is 5.79 Å². The summed E-state index contributed by atoms with van der Waals surface area (Å²) in [5.74, 6) is -1.19. The molecule has 0 fully saturated rings. The van der Waals surface area contributed by atoms with Gasteiger partial charge in [0, 0.05) is 6.42 Å². The Morgan fingerprint density at radius 1 is 1.67 bits per heavy atom. The lowest BCUT2D eigenvalue weighted by Gasteiger charge is -2.24. The van der Waals surface area contributed by atoms with Crippen LogP contribution in [-0.2, 0) is 9.53 Å². The highest BCUT2D eigenvalue weighted by atomic mass is 16.6. The van der Waals surface area contributed by atoms with Gasteiger partial charge in [0.2, 0.25) is 0 Å². The zero-order valence-electron chi connectivity index (χ0n) is 7.62. The summed E-state index contributed by atoms with van der Waals surface area (Å²) >= 11 is 0. The topological polar surface area (TPSA) is 72.5 Å². The number of aliphatic hydroxyl groups is 1. The van der Waals surface area contributed by atoms with Crippen LogP contribution in [0.5, 0.6) is 0 Å². The van der Waals surface area contributed by atoms with Crippen molar-refractivity contribution < 1.29 is 14.6 Å². The first kappa shape index (κ1) is 11.6. The maximum Gasteiger partial charge on any atom is 0.160 e. The Kier molecular flexibility index (Phi) is 5.04. The SMILES string of the molecule is CC(C)(O)OC(CC=O)CCN. The molecule has 0 radical (unpaired) electrons. The second-order valence-electron chi connectivity index (χ2n) is 3.17. The van der Waals surface area contributed by atoms with Crippen LogP contribution in [0.4, 0.5) is 0 Å². The van der Waals surface area contributed by atoms with E-state index in [-0.39, 0.29) is 12.5 Å². The molecule has 0 aromatic carbocycles. The molecule has 0 aromatic rings. The molecule has 0 amide bonds.